The van der Waals surface area contributed by atoms with Gasteiger partial charge in [-0.05, 0) is 20.3 Å². The Labute approximate surface area is 60.5 Å². The molecule has 62 valence electrons. The SMILES string of the molecule is CC(C)(CC(O)CO)NO. The molecule has 0 rings (SSSR count). The number of hydrogen-bond acceptors (Lipinski definition) is 4. The number of hydrogen-bond donors (Lipinski definition) is 4. The van der Waals surface area contributed by atoms with Gasteiger partial charge < -0.3 is 15.4 Å². The molecule has 10 heavy (non-hydrogen) atoms. The van der Waals surface area contributed by atoms with Crippen LogP contribution in [0, 0.1) is 0 Å². The maximum absolute atomic E-state index is 8.92. The fourth-order valence-corrected chi connectivity index (χ4v) is 0.699. The highest BCUT2D eigenvalue weighted by atomic mass is 16.5. The van der Waals surface area contributed by atoms with Crippen LogP contribution in [0.4, 0.5) is 0 Å². The average Bonchev–Trinajstić information content (AvgIpc) is 1.87. The number of nitrogens with one attached hydrogen (secondary N) is 1. The first-order valence-electron chi connectivity index (χ1n) is 3.22. The minimum Gasteiger partial charge on any atom is -0.394 e. The molecule has 0 aliphatic heterocycles. The highest BCUT2D eigenvalue weighted by Gasteiger charge is 2.20. The van der Waals surface area contributed by atoms with E-state index >= 15 is 0 Å². The molecule has 0 saturated carbocycles. The van der Waals surface area contributed by atoms with Crippen molar-refractivity contribution in [1.82, 2.24) is 5.48 Å². The van der Waals surface area contributed by atoms with Crippen LogP contribution in [-0.4, -0.2) is 33.7 Å². The summed E-state index contributed by atoms with van der Waals surface area (Å²) in [5.74, 6) is 0. The van der Waals surface area contributed by atoms with E-state index in [9.17, 15) is 0 Å². The average molecular weight is 149 g/mol. The second kappa shape index (κ2) is 3.88. The quantitative estimate of drug-likeness (QED) is 0.406. The smallest absolute Gasteiger partial charge is 0.0789 e. The van der Waals surface area contributed by atoms with Gasteiger partial charge in [0.25, 0.3) is 0 Å². The van der Waals surface area contributed by atoms with Crippen LogP contribution in [-0.2, 0) is 0 Å². The number of rotatable bonds is 4. The summed E-state index contributed by atoms with van der Waals surface area (Å²) >= 11 is 0. The van der Waals surface area contributed by atoms with Crippen molar-refractivity contribution in [2.24, 2.45) is 0 Å². The summed E-state index contributed by atoms with van der Waals surface area (Å²) in [5.41, 5.74) is 1.50. The van der Waals surface area contributed by atoms with E-state index in [1.54, 1.807) is 13.8 Å². The van der Waals surface area contributed by atoms with Crippen LogP contribution in [0.1, 0.15) is 20.3 Å². The Hall–Kier alpha value is -0.160. The summed E-state index contributed by atoms with van der Waals surface area (Å²) < 4.78 is 0. The maximum atomic E-state index is 8.92. The van der Waals surface area contributed by atoms with Crippen LogP contribution < -0.4 is 5.48 Å². The molecule has 0 radical (unpaired) electrons. The lowest BCUT2D eigenvalue weighted by molar-refractivity contribution is 0.0195. The second-order valence-electron chi connectivity index (χ2n) is 3.04. The van der Waals surface area contributed by atoms with Gasteiger partial charge in [-0.2, -0.15) is 5.48 Å². The van der Waals surface area contributed by atoms with Crippen LogP contribution in [0.5, 0.6) is 0 Å². The zero-order chi connectivity index (χ0) is 8.20. The van der Waals surface area contributed by atoms with Gasteiger partial charge in [-0.25, -0.2) is 0 Å². The molecule has 4 N–H and O–H groups in total. The summed E-state index contributed by atoms with van der Waals surface area (Å²) in [6, 6.07) is 0. The normalized spacial score (nSPS) is 15.3. The predicted molar refractivity (Wildman–Crippen MR) is 36.7 cm³/mol. The van der Waals surface area contributed by atoms with Gasteiger partial charge in [0.1, 0.15) is 0 Å². The molecule has 0 heterocycles. The fraction of sp³-hybridized carbons (Fsp3) is 1.00. The molecular formula is C6H15NO3. The number of aliphatic hydroxyl groups excluding tert-OH is 2. The minimum atomic E-state index is -0.769. The van der Waals surface area contributed by atoms with Gasteiger partial charge in [-0.3, -0.25) is 0 Å². The van der Waals surface area contributed by atoms with E-state index in [4.69, 9.17) is 15.4 Å². The van der Waals surface area contributed by atoms with Crippen molar-refractivity contribution in [2.75, 3.05) is 6.61 Å². The molecule has 4 nitrogen and oxygen atoms in total. The van der Waals surface area contributed by atoms with Gasteiger partial charge in [0, 0.05) is 5.54 Å². The third kappa shape index (κ3) is 3.79. The summed E-state index contributed by atoms with van der Waals surface area (Å²) in [5, 5.41) is 25.9. The standard InChI is InChI=1S/C6H15NO3/c1-6(2,7-10)3-5(9)4-8/h5,7-10H,3-4H2,1-2H3. The maximum Gasteiger partial charge on any atom is 0.0789 e. The lowest BCUT2D eigenvalue weighted by Gasteiger charge is -2.24. The zero-order valence-corrected chi connectivity index (χ0v) is 6.33. The third-order valence-electron chi connectivity index (χ3n) is 1.26. The largest absolute Gasteiger partial charge is 0.394 e. The Morgan fingerprint density at radius 2 is 2.00 bits per heavy atom. The van der Waals surface area contributed by atoms with Crippen LogP contribution in [0.25, 0.3) is 0 Å². The van der Waals surface area contributed by atoms with Crippen LogP contribution in [0.15, 0.2) is 0 Å². The first kappa shape index (κ1) is 9.84. The molecule has 0 amide bonds. The van der Waals surface area contributed by atoms with E-state index < -0.39 is 11.6 Å². The highest BCUT2D eigenvalue weighted by molar-refractivity contribution is 4.76. The molecule has 0 bridgehead atoms. The van der Waals surface area contributed by atoms with E-state index in [1.807, 2.05) is 5.48 Å². The van der Waals surface area contributed by atoms with E-state index in [0.717, 1.165) is 0 Å². The van der Waals surface area contributed by atoms with E-state index in [1.165, 1.54) is 0 Å². The molecule has 0 aromatic heterocycles. The Kier molecular flexibility index (Phi) is 3.81. The lowest BCUT2D eigenvalue weighted by atomic mass is 9.98. The molecule has 0 aromatic carbocycles. The fourth-order valence-electron chi connectivity index (χ4n) is 0.699. The monoisotopic (exact) mass is 149 g/mol. The van der Waals surface area contributed by atoms with Crippen LogP contribution in [0.3, 0.4) is 0 Å². The van der Waals surface area contributed by atoms with Crippen molar-refractivity contribution < 1.29 is 15.4 Å². The van der Waals surface area contributed by atoms with Crippen molar-refractivity contribution in [3.63, 3.8) is 0 Å². The first-order chi connectivity index (χ1) is 4.52. The Bertz CT molecular complexity index is 95.0. The Morgan fingerprint density at radius 1 is 1.50 bits per heavy atom. The molecule has 0 aromatic rings. The molecular weight excluding hydrogens is 134 g/mol. The van der Waals surface area contributed by atoms with Gasteiger partial charge in [-0.15, -0.1) is 0 Å². The number of aliphatic hydroxyl groups is 2. The zero-order valence-electron chi connectivity index (χ0n) is 6.33. The topological polar surface area (TPSA) is 72.7 Å². The molecule has 0 fully saturated rings. The van der Waals surface area contributed by atoms with Gasteiger partial charge in [0.05, 0.1) is 12.7 Å². The van der Waals surface area contributed by atoms with Crippen LogP contribution >= 0.6 is 0 Å². The molecule has 1 unspecified atom stereocenters. The lowest BCUT2D eigenvalue weighted by Crippen LogP contribution is -2.40. The van der Waals surface area contributed by atoms with E-state index in [0.29, 0.717) is 6.42 Å². The molecule has 0 saturated heterocycles. The van der Waals surface area contributed by atoms with E-state index in [2.05, 4.69) is 0 Å². The van der Waals surface area contributed by atoms with Gasteiger partial charge in [0.15, 0.2) is 0 Å². The molecule has 0 aliphatic carbocycles. The van der Waals surface area contributed by atoms with Crippen molar-refractivity contribution in [1.29, 1.82) is 0 Å². The van der Waals surface area contributed by atoms with Crippen molar-refractivity contribution in [3.8, 4) is 0 Å². The highest BCUT2D eigenvalue weighted by Crippen LogP contribution is 2.09. The molecule has 1 atom stereocenters. The van der Waals surface area contributed by atoms with Crippen molar-refractivity contribution in [2.45, 2.75) is 31.9 Å². The first-order valence-corrected chi connectivity index (χ1v) is 3.22. The predicted octanol–water partition coefficient (Wildman–Crippen LogP) is -0.513. The molecule has 4 heteroatoms. The van der Waals surface area contributed by atoms with Crippen molar-refractivity contribution >= 4 is 0 Å². The molecule has 0 aliphatic rings. The summed E-state index contributed by atoms with van der Waals surface area (Å²) in [7, 11) is 0. The summed E-state index contributed by atoms with van der Waals surface area (Å²) in [6.07, 6.45) is -0.449. The summed E-state index contributed by atoms with van der Waals surface area (Å²) in [4.78, 5) is 0. The second-order valence-corrected chi connectivity index (χ2v) is 3.04. The van der Waals surface area contributed by atoms with Crippen molar-refractivity contribution in [3.05, 3.63) is 0 Å². The van der Waals surface area contributed by atoms with Gasteiger partial charge >= 0.3 is 0 Å². The molecule has 0 spiro atoms. The number of hydroxylamine groups is 1. The Morgan fingerprint density at radius 3 is 2.30 bits per heavy atom. The minimum absolute atomic E-state index is 0.273. The van der Waals surface area contributed by atoms with Gasteiger partial charge in [-0.1, -0.05) is 0 Å². The Balaban J connectivity index is 3.64. The summed E-state index contributed by atoms with van der Waals surface area (Å²) in [6.45, 7) is 3.18. The van der Waals surface area contributed by atoms with Crippen LogP contribution in [0.2, 0.25) is 0 Å². The third-order valence-corrected chi connectivity index (χ3v) is 1.26. The van der Waals surface area contributed by atoms with Gasteiger partial charge in [0.2, 0.25) is 0 Å². The van der Waals surface area contributed by atoms with E-state index in [-0.39, 0.29) is 6.61 Å².